The number of aromatic nitrogens is 2. The lowest BCUT2D eigenvalue weighted by Crippen LogP contribution is -2.18. The van der Waals surface area contributed by atoms with Gasteiger partial charge >= 0.3 is 0 Å². The van der Waals surface area contributed by atoms with Crippen molar-refractivity contribution in [1.82, 2.24) is 9.78 Å². The summed E-state index contributed by atoms with van der Waals surface area (Å²) < 4.78 is 1.95. The fourth-order valence-electron chi connectivity index (χ4n) is 3.03. The molecule has 3 nitrogen and oxygen atoms in total. The van der Waals surface area contributed by atoms with Crippen LogP contribution in [0.1, 0.15) is 31.4 Å². The maximum Gasteiger partial charge on any atom is 0.0659 e. The van der Waals surface area contributed by atoms with E-state index in [1.165, 1.54) is 5.56 Å². The highest BCUT2D eigenvalue weighted by molar-refractivity contribution is 5.34. The molecule has 0 bridgehead atoms. The van der Waals surface area contributed by atoms with E-state index in [1.807, 2.05) is 29.1 Å². The predicted molar refractivity (Wildman–Crippen MR) is 74.9 cm³/mol. The first-order valence-corrected chi connectivity index (χ1v) is 6.75. The Labute approximate surface area is 113 Å². The van der Waals surface area contributed by atoms with E-state index in [0.29, 0.717) is 0 Å². The van der Waals surface area contributed by atoms with Crippen LogP contribution < -0.4 is 0 Å². The fourth-order valence-corrected chi connectivity index (χ4v) is 3.03. The Balaban J connectivity index is 1.81. The zero-order chi connectivity index (χ0) is 13.5. The van der Waals surface area contributed by atoms with Crippen LogP contribution in [0, 0.1) is 5.41 Å². The molecular weight excluding hydrogens is 236 g/mol. The lowest BCUT2D eigenvalue weighted by molar-refractivity contribution is 0.231. The Hall–Kier alpha value is -1.61. The van der Waals surface area contributed by atoms with Gasteiger partial charge in [-0.25, -0.2) is 0 Å². The smallest absolute Gasteiger partial charge is 0.0659 e. The molecule has 3 heteroatoms. The summed E-state index contributed by atoms with van der Waals surface area (Å²) in [5.41, 5.74) is 2.51. The summed E-state index contributed by atoms with van der Waals surface area (Å²) in [4.78, 5) is 0. The zero-order valence-corrected chi connectivity index (χ0v) is 11.5. The van der Waals surface area contributed by atoms with Gasteiger partial charge in [0.05, 0.1) is 19.3 Å². The van der Waals surface area contributed by atoms with Gasteiger partial charge in [-0.05, 0) is 23.0 Å². The summed E-state index contributed by atoms with van der Waals surface area (Å²) in [5.74, 6) is 0. The van der Waals surface area contributed by atoms with Crippen LogP contribution in [0.4, 0.5) is 0 Å². The van der Waals surface area contributed by atoms with Gasteiger partial charge in [-0.2, -0.15) is 5.10 Å². The minimum absolute atomic E-state index is 0.0814. The highest BCUT2D eigenvalue weighted by Gasteiger charge is 2.62. The molecule has 1 atom stereocenters. The van der Waals surface area contributed by atoms with Gasteiger partial charge in [-0.15, -0.1) is 0 Å². The van der Waals surface area contributed by atoms with Crippen LogP contribution in [0.5, 0.6) is 0 Å². The number of hydrogen-bond acceptors (Lipinski definition) is 2. The standard InChI is InChI=1S/C16H20N2O/c1-15(2)11-16(15,12-19)14-8-17-18(10-14)9-13-6-4-3-5-7-13/h3-8,10,19H,9,11-12H2,1-2H3. The van der Waals surface area contributed by atoms with Crippen molar-refractivity contribution in [3.05, 3.63) is 53.9 Å². The molecule has 1 aromatic carbocycles. The lowest BCUT2D eigenvalue weighted by atomic mass is 9.91. The van der Waals surface area contributed by atoms with Gasteiger partial charge in [0.25, 0.3) is 0 Å². The summed E-state index contributed by atoms with van der Waals surface area (Å²) in [6.07, 6.45) is 5.03. The van der Waals surface area contributed by atoms with Crippen LogP contribution in [0.3, 0.4) is 0 Å². The number of aliphatic hydroxyl groups excluding tert-OH is 1. The Morgan fingerprint density at radius 2 is 1.95 bits per heavy atom. The van der Waals surface area contributed by atoms with E-state index in [1.54, 1.807) is 0 Å². The fraction of sp³-hybridized carbons (Fsp3) is 0.438. The molecule has 0 radical (unpaired) electrons. The monoisotopic (exact) mass is 256 g/mol. The van der Waals surface area contributed by atoms with E-state index in [0.717, 1.165) is 18.5 Å². The second-order valence-electron chi connectivity index (χ2n) is 6.21. The Bertz CT molecular complexity index is 573. The summed E-state index contributed by atoms with van der Waals surface area (Å²) >= 11 is 0. The molecule has 0 spiro atoms. The van der Waals surface area contributed by atoms with E-state index in [-0.39, 0.29) is 17.4 Å². The highest BCUT2D eigenvalue weighted by Crippen LogP contribution is 2.63. The van der Waals surface area contributed by atoms with E-state index >= 15 is 0 Å². The number of hydrogen-bond donors (Lipinski definition) is 1. The van der Waals surface area contributed by atoms with Crippen molar-refractivity contribution in [1.29, 1.82) is 0 Å². The van der Waals surface area contributed by atoms with Crippen molar-refractivity contribution < 1.29 is 5.11 Å². The van der Waals surface area contributed by atoms with Crippen molar-refractivity contribution in [3.63, 3.8) is 0 Å². The quantitative estimate of drug-likeness (QED) is 0.913. The van der Waals surface area contributed by atoms with E-state index < -0.39 is 0 Å². The first-order valence-electron chi connectivity index (χ1n) is 6.75. The molecule has 1 saturated carbocycles. The molecule has 3 rings (SSSR count). The van der Waals surface area contributed by atoms with Crippen LogP contribution in [-0.2, 0) is 12.0 Å². The molecule has 0 amide bonds. The number of aliphatic hydroxyl groups is 1. The average molecular weight is 256 g/mol. The van der Waals surface area contributed by atoms with Crippen LogP contribution in [-0.4, -0.2) is 21.5 Å². The third kappa shape index (κ3) is 1.98. The molecule has 1 aromatic heterocycles. The number of benzene rings is 1. The van der Waals surface area contributed by atoms with Crippen molar-refractivity contribution in [2.24, 2.45) is 5.41 Å². The van der Waals surface area contributed by atoms with Crippen molar-refractivity contribution in [2.75, 3.05) is 6.61 Å². The van der Waals surface area contributed by atoms with Crippen LogP contribution in [0.2, 0.25) is 0 Å². The molecule has 2 aromatic rings. The minimum atomic E-state index is -0.0814. The zero-order valence-electron chi connectivity index (χ0n) is 11.5. The molecule has 1 aliphatic carbocycles. The van der Waals surface area contributed by atoms with E-state index in [9.17, 15) is 5.11 Å². The van der Waals surface area contributed by atoms with Crippen LogP contribution >= 0.6 is 0 Å². The lowest BCUT2D eigenvalue weighted by Gasteiger charge is -2.15. The van der Waals surface area contributed by atoms with Gasteiger partial charge in [0, 0.05) is 11.6 Å². The van der Waals surface area contributed by atoms with Gasteiger partial charge in [-0.3, -0.25) is 4.68 Å². The third-order valence-electron chi connectivity index (χ3n) is 4.56. The first-order chi connectivity index (χ1) is 9.07. The predicted octanol–water partition coefficient (Wildman–Crippen LogP) is 2.59. The van der Waals surface area contributed by atoms with Crippen molar-refractivity contribution >= 4 is 0 Å². The maximum absolute atomic E-state index is 9.71. The second-order valence-corrected chi connectivity index (χ2v) is 6.21. The molecule has 19 heavy (non-hydrogen) atoms. The molecule has 0 aliphatic heterocycles. The van der Waals surface area contributed by atoms with E-state index in [4.69, 9.17) is 0 Å². The molecule has 1 N–H and O–H groups in total. The molecule has 1 aliphatic rings. The van der Waals surface area contributed by atoms with Gasteiger partial charge in [0.2, 0.25) is 0 Å². The molecule has 0 saturated heterocycles. The molecule has 1 unspecified atom stereocenters. The molecular formula is C16H20N2O. The van der Waals surface area contributed by atoms with Crippen molar-refractivity contribution in [2.45, 2.75) is 32.2 Å². The summed E-state index contributed by atoms with van der Waals surface area (Å²) in [5, 5.41) is 14.1. The second kappa shape index (κ2) is 4.20. The topological polar surface area (TPSA) is 38.1 Å². The summed E-state index contributed by atoms with van der Waals surface area (Å²) in [6, 6.07) is 10.3. The van der Waals surface area contributed by atoms with Gasteiger partial charge < -0.3 is 5.11 Å². The molecule has 1 heterocycles. The van der Waals surface area contributed by atoms with Crippen LogP contribution in [0.15, 0.2) is 42.7 Å². The number of rotatable bonds is 4. The van der Waals surface area contributed by atoms with E-state index in [2.05, 4.69) is 37.3 Å². The third-order valence-corrected chi connectivity index (χ3v) is 4.56. The molecule has 100 valence electrons. The Morgan fingerprint density at radius 1 is 1.26 bits per heavy atom. The van der Waals surface area contributed by atoms with Crippen LogP contribution in [0.25, 0.3) is 0 Å². The van der Waals surface area contributed by atoms with Gasteiger partial charge in [0.1, 0.15) is 0 Å². The van der Waals surface area contributed by atoms with Crippen molar-refractivity contribution in [3.8, 4) is 0 Å². The van der Waals surface area contributed by atoms with Gasteiger partial charge in [0.15, 0.2) is 0 Å². The Kier molecular flexibility index (Phi) is 2.75. The van der Waals surface area contributed by atoms with Gasteiger partial charge in [-0.1, -0.05) is 44.2 Å². The molecule has 1 fully saturated rings. The normalized spacial score (nSPS) is 24.4. The highest BCUT2D eigenvalue weighted by atomic mass is 16.3. The summed E-state index contributed by atoms with van der Waals surface area (Å²) in [7, 11) is 0. The minimum Gasteiger partial charge on any atom is -0.395 e. The number of nitrogens with zero attached hydrogens (tertiary/aromatic N) is 2. The maximum atomic E-state index is 9.71. The average Bonchev–Trinajstić information content (AvgIpc) is 2.73. The SMILES string of the molecule is CC1(C)CC1(CO)c1cnn(Cc2ccccc2)c1. The summed E-state index contributed by atoms with van der Waals surface area (Å²) in [6.45, 7) is 5.40. The first kappa shape index (κ1) is 12.4. The largest absolute Gasteiger partial charge is 0.395 e. The Morgan fingerprint density at radius 3 is 2.53 bits per heavy atom.